The van der Waals surface area contributed by atoms with Crippen LogP contribution in [-0.2, 0) is 9.59 Å². The van der Waals surface area contributed by atoms with Crippen molar-refractivity contribution in [2.24, 2.45) is 0 Å². The van der Waals surface area contributed by atoms with Gasteiger partial charge in [0.15, 0.2) is 0 Å². The number of nitrogens with one attached hydrogen (secondary N) is 1. The van der Waals surface area contributed by atoms with E-state index in [1.807, 2.05) is 0 Å². The van der Waals surface area contributed by atoms with Gasteiger partial charge in [-0.2, -0.15) is 0 Å². The Morgan fingerprint density at radius 3 is 2.24 bits per heavy atom. The van der Waals surface area contributed by atoms with E-state index in [-0.39, 0.29) is 11.3 Å². The largest absolute Gasteiger partial charge is 0.497 e. The summed E-state index contributed by atoms with van der Waals surface area (Å²) in [6, 6.07) is 10.6. The lowest BCUT2D eigenvalue weighted by Crippen LogP contribution is -2.54. The summed E-state index contributed by atoms with van der Waals surface area (Å²) in [5.41, 5.74) is 0.554. The summed E-state index contributed by atoms with van der Waals surface area (Å²) in [4.78, 5) is 37.5. The number of amides is 4. The zero-order chi connectivity index (χ0) is 18.0. The Morgan fingerprint density at radius 1 is 1.00 bits per heavy atom. The van der Waals surface area contributed by atoms with Crippen LogP contribution in [0.3, 0.4) is 0 Å². The van der Waals surface area contributed by atoms with E-state index >= 15 is 0 Å². The van der Waals surface area contributed by atoms with Crippen LogP contribution in [0.1, 0.15) is 5.56 Å². The molecule has 7 heteroatoms. The van der Waals surface area contributed by atoms with Gasteiger partial charge in [-0.1, -0.05) is 12.1 Å². The number of anilines is 1. The Bertz CT molecular complexity index is 873. The zero-order valence-corrected chi connectivity index (χ0v) is 13.2. The lowest BCUT2D eigenvalue weighted by Gasteiger charge is -2.26. The maximum absolute atomic E-state index is 13.1. The van der Waals surface area contributed by atoms with Crippen molar-refractivity contribution >= 4 is 29.6 Å². The highest BCUT2D eigenvalue weighted by Crippen LogP contribution is 2.22. The van der Waals surface area contributed by atoms with E-state index in [1.165, 1.54) is 25.3 Å². The number of nitrogens with zero attached hydrogens (tertiary/aromatic N) is 1. The smallest absolute Gasteiger partial charge is 0.335 e. The number of carbonyl (C=O) groups excluding carboxylic acids is 3. The molecule has 25 heavy (non-hydrogen) atoms. The normalized spacial score (nSPS) is 16.2. The number of methoxy groups -OCH3 is 1. The van der Waals surface area contributed by atoms with Crippen LogP contribution in [0.4, 0.5) is 14.9 Å². The third kappa shape index (κ3) is 3.25. The predicted octanol–water partition coefficient (Wildman–Crippen LogP) is 2.50. The number of barbiturate groups is 1. The highest BCUT2D eigenvalue weighted by Gasteiger charge is 2.36. The number of hydrogen-bond donors (Lipinski definition) is 1. The van der Waals surface area contributed by atoms with Crippen LogP contribution in [-0.4, -0.2) is 25.0 Å². The van der Waals surface area contributed by atoms with Crippen LogP contribution >= 0.6 is 0 Å². The molecule has 1 heterocycles. The van der Waals surface area contributed by atoms with Gasteiger partial charge in [-0.25, -0.2) is 14.1 Å². The summed E-state index contributed by atoms with van der Waals surface area (Å²) < 4.78 is 18.1. The molecule has 2 aromatic rings. The molecule has 2 aromatic carbocycles. The number of urea groups is 1. The lowest BCUT2D eigenvalue weighted by molar-refractivity contribution is -0.122. The van der Waals surface area contributed by atoms with Crippen molar-refractivity contribution in [3.63, 3.8) is 0 Å². The molecule has 0 aromatic heterocycles. The number of rotatable bonds is 3. The molecule has 0 saturated carbocycles. The topological polar surface area (TPSA) is 75.7 Å². The second-order valence-electron chi connectivity index (χ2n) is 5.21. The summed E-state index contributed by atoms with van der Waals surface area (Å²) in [7, 11) is 1.53. The first-order valence-electron chi connectivity index (χ1n) is 7.30. The minimum Gasteiger partial charge on any atom is -0.497 e. The van der Waals surface area contributed by atoms with Gasteiger partial charge in [-0.05, 0) is 48.0 Å². The minimum atomic E-state index is -0.881. The average molecular weight is 340 g/mol. The molecule has 0 atom stereocenters. The number of halogens is 1. The highest BCUT2D eigenvalue weighted by molar-refractivity contribution is 6.39. The van der Waals surface area contributed by atoms with Crippen LogP contribution in [0.15, 0.2) is 54.1 Å². The highest BCUT2D eigenvalue weighted by atomic mass is 19.1. The van der Waals surface area contributed by atoms with Crippen molar-refractivity contribution in [1.29, 1.82) is 0 Å². The molecule has 0 radical (unpaired) electrons. The Morgan fingerprint density at radius 2 is 1.64 bits per heavy atom. The van der Waals surface area contributed by atoms with Crippen molar-refractivity contribution in [2.75, 3.05) is 12.0 Å². The standard InChI is InChI=1S/C18H13FN2O4/c1-25-14-8-2-11(3-9-14)10-15-16(22)20-18(24)21(17(15)23)13-6-4-12(19)5-7-13/h2-10H,1H3,(H,20,22,24). The first-order valence-corrected chi connectivity index (χ1v) is 7.30. The molecule has 3 rings (SSSR count). The van der Waals surface area contributed by atoms with E-state index in [4.69, 9.17) is 4.74 Å². The van der Waals surface area contributed by atoms with Crippen molar-refractivity contribution in [2.45, 2.75) is 0 Å². The van der Waals surface area contributed by atoms with E-state index < -0.39 is 23.7 Å². The Labute approximate surface area is 142 Å². The average Bonchev–Trinajstić information content (AvgIpc) is 2.60. The second kappa shape index (κ2) is 6.56. The number of ether oxygens (including phenoxy) is 1. The van der Waals surface area contributed by atoms with Crippen molar-refractivity contribution in [3.05, 3.63) is 65.5 Å². The van der Waals surface area contributed by atoms with E-state index in [0.29, 0.717) is 11.3 Å². The molecule has 1 fully saturated rings. The van der Waals surface area contributed by atoms with Crippen LogP contribution in [0, 0.1) is 5.82 Å². The van der Waals surface area contributed by atoms with E-state index in [2.05, 4.69) is 5.32 Å². The Balaban J connectivity index is 1.97. The lowest BCUT2D eigenvalue weighted by atomic mass is 10.1. The number of hydrogen-bond acceptors (Lipinski definition) is 4. The SMILES string of the molecule is COc1ccc(C=C2C(=O)NC(=O)N(c3ccc(F)cc3)C2=O)cc1. The molecule has 6 nitrogen and oxygen atoms in total. The monoisotopic (exact) mass is 340 g/mol. The van der Waals surface area contributed by atoms with Gasteiger partial charge < -0.3 is 4.74 Å². The number of carbonyl (C=O) groups is 3. The quantitative estimate of drug-likeness (QED) is 0.688. The zero-order valence-electron chi connectivity index (χ0n) is 13.2. The van der Waals surface area contributed by atoms with Gasteiger partial charge in [0.1, 0.15) is 17.1 Å². The molecule has 0 unspecified atom stereocenters. The van der Waals surface area contributed by atoms with Crippen LogP contribution < -0.4 is 15.0 Å². The van der Waals surface area contributed by atoms with Crippen molar-refractivity contribution < 1.29 is 23.5 Å². The van der Waals surface area contributed by atoms with Crippen molar-refractivity contribution in [1.82, 2.24) is 5.32 Å². The molecule has 1 saturated heterocycles. The molecular weight excluding hydrogens is 327 g/mol. The van der Waals surface area contributed by atoms with Gasteiger partial charge in [0.2, 0.25) is 0 Å². The van der Waals surface area contributed by atoms with Gasteiger partial charge in [-0.3, -0.25) is 14.9 Å². The molecular formula is C18H13FN2O4. The molecule has 0 bridgehead atoms. The summed E-state index contributed by atoms with van der Waals surface area (Å²) in [5, 5.41) is 2.11. The van der Waals surface area contributed by atoms with E-state index in [9.17, 15) is 18.8 Å². The molecule has 0 spiro atoms. The first kappa shape index (κ1) is 16.4. The van der Waals surface area contributed by atoms with Crippen LogP contribution in [0.5, 0.6) is 5.75 Å². The van der Waals surface area contributed by atoms with Crippen LogP contribution in [0.25, 0.3) is 6.08 Å². The molecule has 0 aliphatic carbocycles. The number of benzene rings is 2. The summed E-state index contributed by atoms with van der Waals surface area (Å²) in [6.45, 7) is 0. The molecule has 1 aliphatic rings. The Kier molecular flexibility index (Phi) is 4.30. The van der Waals surface area contributed by atoms with Gasteiger partial charge in [-0.15, -0.1) is 0 Å². The summed E-state index contributed by atoms with van der Waals surface area (Å²) >= 11 is 0. The van der Waals surface area contributed by atoms with Gasteiger partial charge >= 0.3 is 6.03 Å². The van der Waals surface area contributed by atoms with Gasteiger partial charge in [0, 0.05) is 0 Å². The first-order chi connectivity index (χ1) is 12.0. The second-order valence-corrected chi connectivity index (χ2v) is 5.21. The van der Waals surface area contributed by atoms with E-state index in [0.717, 1.165) is 17.0 Å². The predicted molar refractivity (Wildman–Crippen MR) is 88.4 cm³/mol. The fourth-order valence-electron chi connectivity index (χ4n) is 2.35. The maximum Gasteiger partial charge on any atom is 0.335 e. The molecule has 1 N–H and O–H groups in total. The fourth-order valence-corrected chi connectivity index (χ4v) is 2.35. The maximum atomic E-state index is 13.1. The van der Waals surface area contributed by atoms with E-state index in [1.54, 1.807) is 24.3 Å². The summed E-state index contributed by atoms with van der Waals surface area (Å²) in [6.07, 6.45) is 1.38. The summed E-state index contributed by atoms with van der Waals surface area (Å²) in [5.74, 6) is -1.44. The molecule has 4 amide bonds. The Hall–Kier alpha value is -3.48. The molecule has 126 valence electrons. The minimum absolute atomic E-state index is 0.164. The van der Waals surface area contributed by atoms with Gasteiger partial charge in [0.25, 0.3) is 11.8 Å². The van der Waals surface area contributed by atoms with Gasteiger partial charge in [0.05, 0.1) is 12.8 Å². The van der Waals surface area contributed by atoms with Crippen molar-refractivity contribution in [3.8, 4) is 5.75 Å². The third-order valence-corrected chi connectivity index (χ3v) is 3.61. The third-order valence-electron chi connectivity index (χ3n) is 3.61. The van der Waals surface area contributed by atoms with Crippen LogP contribution in [0.2, 0.25) is 0 Å². The fraction of sp³-hybridized carbons (Fsp3) is 0.0556. The number of imide groups is 2. The molecule has 1 aliphatic heterocycles.